The first kappa shape index (κ1) is 12.9. The van der Waals surface area contributed by atoms with Crippen molar-refractivity contribution in [1.82, 2.24) is 4.90 Å². The van der Waals surface area contributed by atoms with Crippen molar-refractivity contribution < 1.29 is 4.79 Å². The lowest BCUT2D eigenvalue weighted by molar-refractivity contribution is -0.133. The maximum atomic E-state index is 12.3. The number of nitrogens with zero attached hydrogens (tertiary/aromatic N) is 1. The van der Waals surface area contributed by atoms with E-state index < -0.39 is 0 Å². The maximum absolute atomic E-state index is 12.3. The Hall–Kier alpha value is -1.51. The van der Waals surface area contributed by atoms with Crippen LogP contribution in [0.3, 0.4) is 0 Å². The highest BCUT2D eigenvalue weighted by atomic mass is 16.2. The standard InChI is InChI=1S/C15H22N2O/c1-10(11-6-5-7-12(16)8-11)17(4)14(18)13-9-15(13,2)3/h5-8,10,13H,9,16H2,1-4H3. The molecule has 0 spiro atoms. The first-order valence-corrected chi connectivity index (χ1v) is 6.45. The average Bonchev–Trinajstić information content (AvgIpc) is 2.95. The first-order chi connectivity index (χ1) is 8.33. The zero-order valence-electron chi connectivity index (χ0n) is 11.6. The van der Waals surface area contributed by atoms with Crippen molar-refractivity contribution in [1.29, 1.82) is 0 Å². The molecule has 2 unspecified atom stereocenters. The smallest absolute Gasteiger partial charge is 0.226 e. The number of hydrogen-bond donors (Lipinski definition) is 1. The van der Waals surface area contributed by atoms with Crippen molar-refractivity contribution in [2.45, 2.75) is 33.2 Å². The number of anilines is 1. The summed E-state index contributed by atoms with van der Waals surface area (Å²) < 4.78 is 0. The van der Waals surface area contributed by atoms with Gasteiger partial charge in [0, 0.05) is 18.7 Å². The van der Waals surface area contributed by atoms with Crippen LogP contribution in [0.5, 0.6) is 0 Å². The number of amides is 1. The Morgan fingerprint density at radius 3 is 2.61 bits per heavy atom. The van der Waals surface area contributed by atoms with Crippen LogP contribution >= 0.6 is 0 Å². The molecule has 2 rings (SSSR count). The number of hydrogen-bond acceptors (Lipinski definition) is 2. The molecule has 3 nitrogen and oxygen atoms in total. The van der Waals surface area contributed by atoms with Crippen LogP contribution in [0, 0.1) is 11.3 Å². The average molecular weight is 246 g/mol. The van der Waals surface area contributed by atoms with Crippen molar-refractivity contribution in [3.8, 4) is 0 Å². The molecule has 1 saturated carbocycles. The molecule has 0 bridgehead atoms. The summed E-state index contributed by atoms with van der Waals surface area (Å²) in [7, 11) is 1.88. The molecule has 2 atom stereocenters. The highest BCUT2D eigenvalue weighted by Crippen LogP contribution is 2.52. The predicted molar refractivity (Wildman–Crippen MR) is 73.9 cm³/mol. The fraction of sp³-hybridized carbons (Fsp3) is 0.533. The SMILES string of the molecule is CC(c1cccc(N)c1)N(C)C(=O)C1CC1(C)C. The Labute approximate surface area is 109 Å². The van der Waals surface area contributed by atoms with Gasteiger partial charge in [-0.25, -0.2) is 0 Å². The van der Waals surface area contributed by atoms with Crippen LogP contribution < -0.4 is 5.73 Å². The number of nitrogens with two attached hydrogens (primary N) is 1. The van der Waals surface area contributed by atoms with Gasteiger partial charge in [-0.1, -0.05) is 26.0 Å². The third kappa shape index (κ3) is 2.35. The monoisotopic (exact) mass is 246 g/mol. The van der Waals surface area contributed by atoms with Gasteiger partial charge in [0.1, 0.15) is 0 Å². The molecule has 0 radical (unpaired) electrons. The molecule has 2 N–H and O–H groups in total. The second kappa shape index (κ2) is 4.30. The molecule has 1 aliphatic rings. The number of rotatable bonds is 3. The van der Waals surface area contributed by atoms with Crippen LogP contribution in [0.15, 0.2) is 24.3 Å². The minimum Gasteiger partial charge on any atom is -0.399 e. The molecule has 1 fully saturated rings. The van der Waals surface area contributed by atoms with Crippen molar-refractivity contribution >= 4 is 11.6 Å². The van der Waals surface area contributed by atoms with E-state index in [0.717, 1.165) is 17.7 Å². The molecule has 18 heavy (non-hydrogen) atoms. The van der Waals surface area contributed by atoms with E-state index >= 15 is 0 Å². The summed E-state index contributed by atoms with van der Waals surface area (Å²) in [6, 6.07) is 7.81. The van der Waals surface area contributed by atoms with Gasteiger partial charge in [-0.3, -0.25) is 4.79 Å². The lowest BCUT2D eigenvalue weighted by atomic mass is 10.0. The van der Waals surface area contributed by atoms with Crippen LogP contribution in [-0.2, 0) is 4.79 Å². The van der Waals surface area contributed by atoms with Gasteiger partial charge in [0.25, 0.3) is 0 Å². The van der Waals surface area contributed by atoms with E-state index in [0.29, 0.717) is 0 Å². The van der Waals surface area contributed by atoms with Gasteiger partial charge in [-0.2, -0.15) is 0 Å². The molecular weight excluding hydrogens is 224 g/mol. The van der Waals surface area contributed by atoms with Gasteiger partial charge >= 0.3 is 0 Å². The summed E-state index contributed by atoms with van der Waals surface area (Å²) >= 11 is 0. The van der Waals surface area contributed by atoms with Crippen molar-refractivity contribution in [2.75, 3.05) is 12.8 Å². The quantitative estimate of drug-likeness (QED) is 0.834. The number of benzene rings is 1. The van der Waals surface area contributed by atoms with E-state index in [2.05, 4.69) is 13.8 Å². The van der Waals surface area contributed by atoms with Crippen LogP contribution in [0.2, 0.25) is 0 Å². The molecule has 0 aromatic heterocycles. The van der Waals surface area contributed by atoms with Gasteiger partial charge in [-0.15, -0.1) is 0 Å². The van der Waals surface area contributed by atoms with E-state index in [1.807, 2.05) is 43.1 Å². The lowest BCUT2D eigenvalue weighted by Crippen LogP contribution is -2.32. The van der Waals surface area contributed by atoms with Crippen LogP contribution in [-0.4, -0.2) is 17.9 Å². The second-order valence-electron chi connectivity index (χ2n) is 6.04. The lowest BCUT2D eigenvalue weighted by Gasteiger charge is -2.26. The zero-order valence-corrected chi connectivity index (χ0v) is 11.6. The zero-order chi connectivity index (χ0) is 13.5. The molecule has 1 aromatic rings. The summed E-state index contributed by atoms with van der Waals surface area (Å²) in [6.07, 6.45) is 1.000. The van der Waals surface area contributed by atoms with Gasteiger partial charge < -0.3 is 10.6 Å². The Morgan fingerprint density at radius 2 is 2.11 bits per heavy atom. The number of carbonyl (C=O) groups is 1. The topological polar surface area (TPSA) is 46.3 Å². The highest BCUT2D eigenvalue weighted by Gasteiger charge is 2.51. The number of nitrogen functional groups attached to an aromatic ring is 1. The molecular formula is C15H22N2O. The van der Waals surface area contributed by atoms with E-state index in [1.165, 1.54) is 0 Å². The van der Waals surface area contributed by atoms with Crippen molar-refractivity contribution in [3.05, 3.63) is 29.8 Å². The Bertz CT molecular complexity index is 467. The maximum Gasteiger partial charge on any atom is 0.226 e. The van der Waals surface area contributed by atoms with Gasteiger partial charge in [0.2, 0.25) is 5.91 Å². The Morgan fingerprint density at radius 1 is 1.50 bits per heavy atom. The molecule has 0 saturated heterocycles. The summed E-state index contributed by atoms with van der Waals surface area (Å²) in [5, 5.41) is 0. The third-order valence-electron chi connectivity index (χ3n) is 4.13. The van der Waals surface area contributed by atoms with E-state index in [1.54, 1.807) is 0 Å². The van der Waals surface area contributed by atoms with Crippen molar-refractivity contribution in [2.24, 2.45) is 11.3 Å². The van der Waals surface area contributed by atoms with Gasteiger partial charge in [0.05, 0.1) is 6.04 Å². The molecule has 98 valence electrons. The van der Waals surface area contributed by atoms with E-state index in [-0.39, 0.29) is 23.3 Å². The van der Waals surface area contributed by atoms with E-state index in [9.17, 15) is 4.79 Å². The van der Waals surface area contributed by atoms with Crippen LogP contribution in [0.25, 0.3) is 0 Å². The van der Waals surface area contributed by atoms with Gasteiger partial charge in [-0.05, 0) is 36.5 Å². The normalized spacial score (nSPS) is 22.3. The molecule has 0 heterocycles. The second-order valence-corrected chi connectivity index (χ2v) is 6.04. The van der Waals surface area contributed by atoms with Gasteiger partial charge in [0.15, 0.2) is 0 Å². The van der Waals surface area contributed by atoms with Crippen LogP contribution in [0.1, 0.15) is 38.8 Å². The molecule has 1 aliphatic carbocycles. The summed E-state index contributed by atoms with van der Waals surface area (Å²) in [6.45, 7) is 6.34. The minimum atomic E-state index is 0.0670. The third-order valence-corrected chi connectivity index (χ3v) is 4.13. The molecule has 3 heteroatoms. The van der Waals surface area contributed by atoms with E-state index in [4.69, 9.17) is 5.73 Å². The minimum absolute atomic E-state index is 0.0670. The Balaban J connectivity index is 2.09. The summed E-state index contributed by atoms with van der Waals surface area (Å²) in [5.41, 5.74) is 7.80. The fourth-order valence-corrected chi connectivity index (χ4v) is 2.37. The summed E-state index contributed by atoms with van der Waals surface area (Å²) in [5.74, 6) is 0.431. The Kier molecular flexibility index (Phi) is 3.09. The highest BCUT2D eigenvalue weighted by molar-refractivity contribution is 5.82. The van der Waals surface area contributed by atoms with Crippen LogP contribution in [0.4, 0.5) is 5.69 Å². The predicted octanol–water partition coefficient (Wildman–Crippen LogP) is 2.83. The summed E-state index contributed by atoms with van der Waals surface area (Å²) in [4.78, 5) is 14.2. The van der Waals surface area contributed by atoms with Crippen molar-refractivity contribution in [3.63, 3.8) is 0 Å². The first-order valence-electron chi connectivity index (χ1n) is 6.45. The number of carbonyl (C=O) groups excluding carboxylic acids is 1. The largest absolute Gasteiger partial charge is 0.399 e. The molecule has 1 amide bonds. The fourth-order valence-electron chi connectivity index (χ4n) is 2.37. The molecule has 0 aliphatic heterocycles. The molecule has 1 aromatic carbocycles.